The van der Waals surface area contributed by atoms with Crippen LogP contribution < -0.4 is 0 Å². The summed E-state index contributed by atoms with van der Waals surface area (Å²) in [6.45, 7) is 5.53. The summed E-state index contributed by atoms with van der Waals surface area (Å²) >= 11 is 0. The van der Waals surface area contributed by atoms with Crippen LogP contribution in [-0.2, 0) is 9.47 Å². The Bertz CT molecular complexity index is 251. The standard InChI is InChI=1S/C16H28O3/c1-3-18-16(19-4-2)14-12-10-8-6-5-7-9-11-13-15-17/h5-6,9-12,16-17H,3-4,7-8,13-15H2,1-2H3/b6-5-,11-9-,12-10-. The van der Waals surface area contributed by atoms with Crippen molar-refractivity contribution in [3.8, 4) is 0 Å². The Morgan fingerprint density at radius 3 is 1.89 bits per heavy atom. The average molecular weight is 268 g/mol. The van der Waals surface area contributed by atoms with Gasteiger partial charge in [0.15, 0.2) is 6.29 Å². The molecule has 0 aromatic rings. The van der Waals surface area contributed by atoms with Crippen LogP contribution in [-0.4, -0.2) is 31.2 Å². The van der Waals surface area contributed by atoms with Gasteiger partial charge in [0.05, 0.1) is 0 Å². The van der Waals surface area contributed by atoms with E-state index in [1.807, 2.05) is 19.9 Å². The van der Waals surface area contributed by atoms with E-state index < -0.39 is 0 Å². The number of aliphatic hydroxyl groups is 1. The SMILES string of the molecule is CCOC(C/C=C\C/C=C\C/C=C\CCO)OCC. The summed E-state index contributed by atoms with van der Waals surface area (Å²) < 4.78 is 10.9. The van der Waals surface area contributed by atoms with Crippen LogP contribution in [0.3, 0.4) is 0 Å². The van der Waals surface area contributed by atoms with Crippen molar-refractivity contribution < 1.29 is 14.6 Å². The molecule has 0 aromatic carbocycles. The quantitative estimate of drug-likeness (QED) is 0.434. The van der Waals surface area contributed by atoms with Gasteiger partial charge in [-0.2, -0.15) is 0 Å². The lowest BCUT2D eigenvalue weighted by Gasteiger charge is -2.14. The second kappa shape index (κ2) is 15.2. The van der Waals surface area contributed by atoms with Crippen LogP contribution >= 0.6 is 0 Å². The van der Waals surface area contributed by atoms with Crippen LogP contribution in [0, 0.1) is 0 Å². The molecule has 3 heteroatoms. The Kier molecular flexibility index (Phi) is 14.4. The first-order valence-corrected chi connectivity index (χ1v) is 7.14. The lowest BCUT2D eigenvalue weighted by atomic mass is 10.2. The second-order valence-electron chi connectivity index (χ2n) is 3.97. The van der Waals surface area contributed by atoms with E-state index in [2.05, 4.69) is 30.4 Å². The summed E-state index contributed by atoms with van der Waals surface area (Å²) in [6, 6.07) is 0. The maximum Gasteiger partial charge on any atom is 0.160 e. The van der Waals surface area contributed by atoms with Crippen molar-refractivity contribution >= 4 is 0 Å². The number of rotatable bonds is 12. The fourth-order valence-corrected chi connectivity index (χ4v) is 1.50. The molecule has 19 heavy (non-hydrogen) atoms. The molecule has 0 unspecified atom stereocenters. The van der Waals surface area contributed by atoms with Gasteiger partial charge in [0, 0.05) is 26.2 Å². The van der Waals surface area contributed by atoms with Gasteiger partial charge in [-0.05, 0) is 33.1 Å². The Morgan fingerprint density at radius 2 is 1.37 bits per heavy atom. The highest BCUT2D eigenvalue weighted by atomic mass is 16.7. The molecule has 110 valence electrons. The summed E-state index contributed by atoms with van der Waals surface area (Å²) in [6.07, 6.45) is 15.8. The zero-order chi connectivity index (χ0) is 14.2. The minimum Gasteiger partial charge on any atom is -0.396 e. The number of allylic oxidation sites excluding steroid dienone is 4. The molecule has 1 N–H and O–H groups in total. The van der Waals surface area contributed by atoms with E-state index in [0.717, 1.165) is 25.7 Å². The minimum absolute atomic E-state index is 0.114. The van der Waals surface area contributed by atoms with Gasteiger partial charge in [-0.1, -0.05) is 36.5 Å². The number of hydrogen-bond donors (Lipinski definition) is 1. The van der Waals surface area contributed by atoms with E-state index >= 15 is 0 Å². The van der Waals surface area contributed by atoms with Gasteiger partial charge in [0.25, 0.3) is 0 Å². The fourth-order valence-electron chi connectivity index (χ4n) is 1.50. The van der Waals surface area contributed by atoms with Gasteiger partial charge >= 0.3 is 0 Å². The van der Waals surface area contributed by atoms with Gasteiger partial charge in [-0.25, -0.2) is 0 Å². The number of hydrogen-bond acceptors (Lipinski definition) is 3. The summed E-state index contributed by atoms with van der Waals surface area (Å²) in [5, 5.41) is 8.59. The molecule has 0 radical (unpaired) electrons. The van der Waals surface area contributed by atoms with Crippen molar-refractivity contribution in [1.29, 1.82) is 0 Å². The highest BCUT2D eigenvalue weighted by Gasteiger charge is 2.03. The van der Waals surface area contributed by atoms with Gasteiger partial charge < -0.3 is 14.6 Å². The molecule has 0 amide bonds. The average Bonchev–Trinajstić information content (AvgIpc) is 2.41. The Balaban J connectivity index is 3.62. The molecule has 0 saturated heterocycles. The Hall–Kier alpha value is -0.900. The molecule has 0 heterocycles. The Morgan fingerprint density at radius 1 is 0.842 bits per heavy atom. The summed E-state index contributed by atoms with van der Waals surface area (Å²) in [5.74, 6) is 0. The highest BCUT2D eigenvalue weighted by molar-refractivity contribution is 4.97. The molecule has 0 aliphatic carbocycles. The van der Waals surface area contributed by atoms with E-state index in [1.54, 1.807) is 0 Å². The normalized spacial score (nSPS) is 12.6. The minimum atomic E-state index is -0.114. The molecule has 0 saturated carbocycles. The number of aliphatic hydroxyl groups excluding tert-OH is 1. The van der Waals surface area contributed by atoms with Crippen molar-refractivity contribution in [2.24, 2.45) is 0 Å². The van der Waals surface area contributed by atoms with E-state index in [-0.39, 0.29) is 12.9 Å². The zero-order valence-electron chi connectivity index (χ0n) is 12.3. The first kappa shape index (κ1) is 18.1. The van der Waals surface area contributed by atoms with Crippen LogP contribution in [0.4, 0.5) is 0 Å². The predicted molar refractivity (Wildman–Crippen MR) is 80.0 cm³/mol. The molecular weight excluding hydrogens is 240 g/mol. The van der Waals surface area contributed by atoms with Crippen molar-refractivity contribution in [1.82, 2.24) is 0 Å². The van der Waals surface area contributed by atoms with Gasteiger partial charge in [-0.3, -0.25) is 0 Å². The molecule has 0 fully saturated rings. The van der Waals surface area contributed by atoms with Gasteiger partial charge in [0.2, 0.25) is 0 Å². The topological polar surface area (TPSA) is 38.7 Å². The Labute approximate surface area is 117 Å². The molecule has 0 bridgehead atoms. The van der Waals surface area contributed by atoms with Crippen molar-refractivity contribution in [3.63, 3.8) is 0 Å². The predicted octanol–water partition coefficient (Wildman–Crippen LogP) is 3.61. The zero-order valence-corrected chi connectivity index (χ0v) is 12.3. The third kappa shape index (κ3) is 13.3. The van der Waals surface area contributed by atoms with Gasteiger partial charge in [0.1, 0.15) is 0 Å². The molecular formula is C16H28O3. The molecule has 0 spiro atoms. The van der Waals surface area contributed by atoms with E-state index in [9.17, 15) is 0 Å². The molecule has 0 aliphatic rings. The summed E-state index contributed by atoms with van der Waals surface area (Å²) in [7, 11) is 0. The smallest absolute Gasteiger partial charge is 0.160 e. The number of ether oxygens (including phenoxy) is 2. The van der Waals surface area contributed by atoms with Crippen LogP contribution in [0.2, 0.25) is 0 Å². The monoisotopic (exact) mass is 268 g/mol. The summed E-state index contributed by atoms with van der Waals surface area (Å²) in [5.41, 5.74) is 0. The molecule has 0 aliphatic heterocycles. The lowest BCUT2D eigenvalue weighted by Crippen LogP contribution is -2.16. The largest absolute Gasteiger partial charge is 0.396 e. The third-order valence-corrected chi connectivity index (χ3v) is 2.37. The maximum absolute atomic E-state index is 8.59. The lowest BCUT2D eigenvalue weighted by molar-refractivity contribution is -0.133. The van der Waals surface area contributed by atoms with Crippen molar-refractivity contribution in [2.75, 3.05) is 19.8 Å². The van der Waals surface area contributed by atoms with Crippen LogP contribution in [0.15, 0.2) is 36.5 Å². The van der Waals surface area contributed by atoms with Crippen LogP contribution in [0.1, 0.15) is 39.5 Å². The molecule has 0 rings (SSSR count). The summed E-state index contributed by atoms with van der Waals surface area (Å²) in [4.78, 5) is 0. The van der Waals surface area contributed by atoms with Gasteiger partial charge in [-0.15, -0.1) is 0 Å². The van der Waals surface area contributed by atoms with E-state index in [1.165, 1.54) is 0 Å². The first-order chi connectivity index (χ1) is 9.35. The first-order valence-electron chi connectivity index (χ1n) is 7.14. The van der Waals surface area contributed by atoms with E-state index in [4.69, 9.17) is 14.6 Å². The fraction of sp³-hybridized carbons (Fsp3) is 0.625. The highest BCUT2D eigenvalue weighted by Crippen LogP contribution is 2.03. The van der Waals surface area contributed by atoms with E-state index in [0.29, 0.717) is 13.2 Å². The maximum atomic E-state index is 8.59. The third-order valence-electron chi connectivity index (χ3n) is 2.37. The molecule has 3 nitrogen and oxygen atoms in total. The van der Waals surface area contributed by atoms with Crippen molar-refractivity contribution in [3.05, 3.63) is 36.5 Å². The second-order valence-corrected chi connectivity index (χ2v) is 3.97. The molecule has 0 atom stereocenters. The van der Waals surface area contributed by atoms with Crippen LogP contribution in [0.25, 0.3) is 0 Å². The van der Waals surface area contributed by atoms with Crippen LogP contribution in [0.5, 0.6) is 0 Å². The molecule has 0 aromatic heterocycles. The van der Waals surface area contributed by atoms with Crippen molar-refractivity contribution in [2.45, 2.75) is 45.8 Å².